The molecule has 4 rings (SSSR count). The van der Waals surface area contributed by atoms with E-state index in [0.717, 1.165) is 5.57 Å². The zero-order valence-corrected chi connectivity index (χ0v) is 37.0. The number of ether oxygens (including phenoxy) is 5. The molecule has 14 unspecified atom stereocenters. The predicted octanol–water partition coefficient (Wildman–Crippen LogP) is 5.42. The van der Waals surface area contributed by atoms with Crippen molar-refractivity contribution >= 4 is 23.4 Å². The number of esters is 1. The highest BCUT2D eigenvalue weighted by Crippen LogP contribution is 2.40. The van der Waals surface area contributed by atoms with E-state index in [4.69, 9.17) is 23.7 Å². The molecule has 1 amide bonds. The number of ketones is 2. The maximum Gasteiger partial charge on any atom is 0.329 e. The fourth-order valence-corrected chi connectivity index (χ4v) is 10.0. The smallest absolute Gasteiger partial charge is 0.329 e. The van der Waals surface area contributed by atoms with Gasteiger partial charge in [-0.05, 0) is 102 Å². The molecule has 2 saturated heterocycles. The van der Waals surface area contributed by atoms with Crippen molar-refractivity contribution < 1.29 is 58.2 Å². The van der Waals surface area contributed by atoms with Crippen LogP contribution in [-0.2, 0) is 42.9 Å². The number of hydrogen-bond acceptors (Lipinski definition) is 12. The van der Waals surface area contributed by atoms with Crippen LogP contribution in [0.1, 0.15) is 119 Å². The SMILES string of the molecule is C=CCC1(O)CCC(C=C(C)C2OC(=O)C3CCCCN3C(=O)C(=O)C3(O)OC(C(OC)CC(C)CC(C)=CC(CC)C(=O)CC(O)C2C)C(OC)CC3C)CC1OC. The summed E-state index contributed by atoms with van der Waals surface area (Å²) in [6.07, 6.45) is 5.96. The van der Waals surface area contributed by atoms with Crippen LogP contribution in [0.25, 0.3) is 0 Å². The van der Waals surface area contributed by atoms with Gasteiger partial charge in [0.15, 0.2) is 0 Å². The molecule has 3 fully saturated rings. The normalized spacial score (nSPS) is 40.4. The number of nitrogens with zero attached hydrogens (tertiary/aromatic N) is 1. The quantitative estimate of drug-likeness (QED) is 0.161. The summed E-state index contributed by atoms with van der Waals surface area (Å²) in [7, 11) is 4.63. The topological polar surface area (TPSA) is 178 Å². The van der Waals surface area contributed by atoms with Gasteiger partial charge in [0.25, 0.3) is 11.7 Å². The maximum absolute atomic E-state index is 14.4. The number of cyclic esters (lactones) is 1. The van der Waals surface area contributed by atoms with E-state index in [9.17, 15) is 34.5 Å². The lowest BCUT2D eigenvalue weighted by molar-refractivity contribution is -0.302. The molecule has 13 nitrogen and oxygen atoms in total. The van der Waals surface area contributed by atoms with Crippen molar-refractivity contribution in [2.24, 2.45) is 29.6 Å². The lowest BCUT2D eigenvalue weighted by atomic mass is 9.74. The van der Waals surface area contributed by atoms with Crippen LogP contribution in [0.2, 0.25) is 0 Å². The lowest BCUT2D eigenvalue weighted by Gasteiger charge is -2.47. The summed E-state index contributed by atoms with van der Waals surface area (Å²) in [6, 6.07) is -1.15. The predicted molar refractivity (Wildman–Crippen MR) is 222 cm³/mol. The van der Waals surface area contributed by atoms with Crippen LogP contribution in [-0.4, -0.2) is 126 Å². The number of carbonyl (C=O) groups excluding carboxylic acids is 4. The Morgan fingerprint density at radius 1 is 0.983 bits per heavy atom. The third-order valence-electron chi connectivity index (χ3n) is 13.6. The van der Waals surface area contributed by atoms with Gasteiger partial charge in [0.1, 0.15) is 24.0 Å². The minimum Gasteiger partial charge on any atom is -0.456 e. The van der Waals surface area contributed by atoms with Crippen LogP contribution in [0.15, 0.2) is 36.0 Å². The Balaban J connectivity index is 1.76. The molecule has 59 heavy (non-hydrogen) atoms. The highest BCUT2D eigenvalue weighted by molar-refractivity contribution is 6.39. The largest absolute Gasteiger partial charge is 0.456 e. The summed E-state index contributed by atoms with van der Waals surface area (Å²) in [5.74, 6) is -7.63. The molecule has 3 N–H and O–H groups in total. The van der Waals surface area contributed by atoms with E-state index in [1.165, 1.54) is 19.1 Å². The lowest BCUT2D eigenvalue weighted by Crippen LogP contribution is -2.64. The summed E-state index contributed by atoms with van der Waals surface area (Å²) in [5, 5.41) is 35.1. The van der Waals surface area contributed by atoms with Crippen molar-refractivity contribution in [3.8, 4) is 0 Å². The maximum atomic E-state index is 14.4. The number of allylic oxidation sites excluding steroid dienone is 3. The van der Waals surface area contributed by atoms with Crippen molar-refractivity contribution in [2.75, 3.05) is 27.9 Å². The van der Waals surface area contributed by atoms with Crippen LogP contribution in [0.3, 0.4) is 0 Å². The van der Waals surface area contributed by atoms with Crippen LogP contribution < -0.4 is 0 Å². The van der Waals surface area contributed by atoms with Gasteiger partial charge in [-0.1, -0.05) is 51.5 Å². The van der Waals surface area contributed by atoms with Crippen LogP contribution in [0.5, 0.6) is 0 Å². The molecule has 0 radical (unpaired) electrons. The van der Waals surface area contributed by atoms with E-state index >= 15 is 0 Å². The van der Waals surface area contributed by atoms with E-state index in [1.54, 1.807) is 27.0 Å². The Kier molecular flexibility index (Phi) is 17.7. The summed E-state index contributed by atoms with van der Waals surface area (Å²) in [5.41, 5.74) is 0.586. The number of fused-ring (bicyclic) bond motifs is 3. The minimum atomic E-state index is -2.51. The molecule has 4 aliphatic rings. The highest BCUT2D eigenvalue weighted by Gasteiger charge is 2.56. The van der Waals surface area contributed by atoms with E-state index < -0.39 is 89.5 Å². The number of carbonyl (C=O) groups is 4. The number of amides is 1. The van der Waals surface area contributed by atoms with Gasteiger partial charge in [0.05, 0.1) is 30.0 Å². The first-order chi connectivity index (χ1) is 27.9. The molecule has 2 bridgehead atoms. The third-order valence-corrected chi connectivity index (χ3v) is 13.6. The second-order valence-corrected chi connectivity index (χ2v) is 18.1. The molecule has 0 aromatic carbocycles. The van der Waals surface area contributed by atoms with Gasteiger partial charge in [-0.3, -0.25) is 14.4 Å². The molecule has 1 aliphatic carbocycles. The van der Waals surface area contributed by atoms with E-state index in [1.807, 2.05) is 32.9 Å². The molecule has 0 aromatic rings. The Bertz CT molecular complexity index is 1540. The molecule has 3 heterocycles. The van der Waals surface area contributed by atoms with Gasteiger partial charge in [0.2, 0.25) is 5.79 Å². The zero-order valence-electron chi connectivity index (χ0n) is 37.0. The third kappa shape index (κ3) is 11.4. The number of Topliss-reactive ketones (excluding diaryl/α,β-unsaturated/α-hetero) is 2. The molecule has 0 spiro atoms. The zero-order chi connectivity index (χ0) is 43.8. The Morgan fingerprint density at radius 3 is 2.29 bits per heavy atom. The second-order valence-electron chi connectivity index (χ2n) is 18.1. The second kappa shape index (κ2) is 21.3. The summed E-state index contributed by atoms with van der Waals surface area (Å²) >= 11 is 0. The number of methoxy groups -OCH3 is 3. The Morgan fingerprint density at radius 2 is 1.66 bits per heavy atom. The molecule has 1 saturated carbocycles. The van der Waals surface area contributed by atoms with Crippen molar-refractivity contribution in [1.82, 2.24) is 4.90 Å². The van der Waals surface area contributed by atoms with Gasteiger partial charge in [0, 0.05) is 52.0 Å². The number of piperidine rings is 1. The average Bonchev–Trinajstić information content (AvgIpc) is 3.21. The van der Waals surface area contributed by atoms with Crippen molar-refractivity contribution in [3.63, 3.8) is 0 Å². The Labute approximate surface area is 351 Å². The van der Waals surface area contributed by atoms with Gasteiger partial charge in [-0.15, -0.1) is 6.58 Å². The summed E-state index contributed by atoms with van der Waals surface area (Å²) in [6.45, 7) is 15.0. The molecule has 14 atom stereocenters. The highest BCUT2D eigenvalue weighted by atomic mass is 16.7. The fourth-order valence-electron chi connectivity index (χ4n) is 10.0. The first kappa shape index (κ1) is 48.9. The molecular weight excluding hydrogens is 759 g/mol. The summed E-state index contributed by atoms with van der Waals surface area (Å²) in [4.78, 5) is 58.0. The van der Waals surface area contributed by atoms with E-state index in [2.05, 4.69) is 13.5 Å². The molecule has 0 aromatic heterocycles. The minimum absolute atomic E-state index is 0.0290. The van der Waals surface area contributed by atoms with Gasteiger partial charge < -0.3 is 43.9 Å². The van der Waals surface area contributed by atoms with Gasteiger partial charge in [-0.2, -0.15) is 0 Å². The summed E-state index contributed by atoms with van der Waals surface area (Å²) < 4.78 is 30.0. The van der Waals surface area contributed by atoms with Crippen molar-refractivity contribution in [1.29, 1.82) is 0 Å². The fraction of sp³-hybridized carbons (Fsp3) is 0.783. The first-order valence-electron chi connectivity index (χ1n) is 21.8. The number of aliphatic hydroxyl groups is 3. The van der Waals surface area contributed by atoms with E-state index in [-0.39, 0.29) is 43.4 Å². The van der Waals surface area contributed by atoms with Crippen molar-refractivity contribution in [3.05, 3.63) is 36.0 Å². The van der Waals surface area contributed by atoms with Gasteiger partial charge >= 0.3 is 5.97 Å². The number of hydrogen-bond donors (Lipinski definition) is 3. The Hall–Kier alpha value is -2.78. The van der Waals surface area contributed by atoms with Crippen molar-refractivity contribution in [2.45, 2.75) is 173 Å². The molecular formula is C46H73NO12. The number of aliphatic hydroxyl groups excluding tert-OH is 1. The van der Waals surface area contributed by atoms with Gasteiger partial charge in [-0.25, -0.2) is 4.79 Å². The number of rotatable bonds is 8. The average molecular weight is 832 g/mol. The van der Waals surface area contributed by atoms with Crippen LogP contribution in [0.4, 0.5) is 0 Å². The van der Waals surface area contributed by atoms with Crippen LogP contribution >= 0.6 is 0 Å². The van der Waals surface area contributed by atoms with E-state index in [0.29, 0.717) is 63.4 Å². The van der Waals surface area contributed by atoms with Crippen LogP contribution in [0, 0.1) is 29.6 Å². The molecule has 3 aliphatic heterocycles. The molecule has 13 heteroatoms. The standard InChI is InChI=1S/C46H73NO12/c1-11-17-45(53)18-16-32(25-39(45)57-10)23-29(5)40-31(7)35(48)26-36(49)33(12-2)21-27(3)20-28(4)22-37(55-8)41-38(56-9)24-30(6)46(54,59-41)42(50)43(51)47-19-14-13-15-34(47)44(52)58-40/h11,21,23,28,30-35,37-41,48,53-54H,1,12-20,22,24-26H2,2-10H3. The molecule has 334 valence electrons. The first-order valence-corrected chi connectivity index (χ1v) is 21.8. The monoisotopic (exact) mass is 832 g/mol.